The number of benzene rings is 3. The summed E-state index contributed by atoms with van der Waals surface area (Å²) < 4.78 is 27.8. The van der Waals surface area contributed by atoms with E-state index in [0.717, 1.165) is 16.7 Å². The van der Waals surface area contributed by atoms with Gasteiger partial charge in [-0.3, -0.25) is 9.52 Å². The van der Waals surface area contributed by atoms with Crippen LogP contribution in [0.3, 0.4) is 0 Å². The molecule has 0 bridgehead atoms. The number of sulfonamides is 1. The van der Waals surface area contributed by atoms with E-state index in [9.17, 15) is 13.2 Å². The van der Waals surface area contributed by atoms with Crippen LogP contribution in [0.2, 0.25) is 0 Å². The molecule has 3 rings (SSSR count). The van der Waals surface area contributed by atoms with Gasteiger partial charge in [-0.1, -0.05) is 54.1 Å². The monoisotopic (exact) mass is 408 g/mol. The molecule has 0 heterocycles. The number of nitrogens with one attached hydrogen (secondary N) is 2. The Bertz CT molecular complexity index is 1130. The highest BCUT2D eigenvalue weighted by atomic mass is 32.2. The van der Waals surface area contributed by atoms with E-state index in [-0.39, 0.29) is 28.1 Å². The van der Waals surface area contributed by atoms with Crippen LogP contribution in [-0.2, 0) is 10.0 Å². The van der Waals surface area contributed by atoms with Crippen molar-refractivity contribution in [3.8, 4) is 0 Å². The van der Waals surface area contributed by atoms with E-state index in [1.54, 1.807) is 42.5 Å². The standard InChI is InChI=1S/C23H24N2O3S/c1-16-13-14-17(2)21(15-16)18(3)24-23(26)20-11-7-8-12-22(20)25-29(27,28)19-9-5-4-6-10-19/h4-15,18,25H,1-3H3,(H,24,26)/t18-/m0/s1. The van der Waals surface area contributed by atoms with Gasteiger partial charge in [-0.2, -0.15) is 0 Å². The molecular weight excluding hydrogens is 384 g/mol. The maximum Gasteiger partial charge on any atom is 0.261 e. The van der Waals surface area contributed by atoms with Gasteiger partial charge in [-0.25, -0.2) is 8.42 Å². The molecule has 0 saturated carbocycles. The van der Waals surface area contributed by atoms with Crippen molar-refractivity contribution in [2.75, 3.05) is 4.72 Å². The van der Waals surface area contributed by atoms with Gasteiger partial charge in [0.25, 0.3) is 15.9 Å². The molecule has 0 fully saturated rings. The minimum absolute atomic E-state index is 0.138. The van der Waals surface area contributed by atoms with E-state index in [1.807, 2.05) is 39.0 Å². The third-order valence-electron chi connectivity index (χ3n) is 4.72. The molecule has 0 aromatic heterocycles. The van der Waals surface area contributed by atoms with Crippen LogP contribution in [0.25, 0.3) is 0 Å². The molecule has 3 aromatic rings. The van der Waals surface area contributed by atoms with Gasteiger partial charge in [0.1, 0.15) is 0 Å². The first-order chi connectivity index (χ1) is 13.8. The highest BCUT2D eigenvalue weighted by molar-refractivity contribution is 7.92. The number of hydrogen-bond donors (Lipinski definition) is 2. The van der Waals surface area contributed by atoms with E-state index in [0.29, 0.717) is 0 Å². The number of anilines is 1. The molecule has 29 heavy (non-hydrogen) atoms. The lowest BCUT2D eigenvalue weighted by Crippen LogP contribution is -2.28. The molecule has 1 atom stereocenters. The first kappa shape index (κ1) is 20.6. The summed E-state index contributed by atoms with van der Waals surface area (Å²) in [5.41, 5.74) is 3.73. The molecule has 2 N–H and O–H groups in total. The van der Waals surface area contributed by atoms with Crippen molar-refractivity contribution in [3.05, 3.63) is 95.1 Å². The van der Waals surface area contributed by atoms with Gasteiger partial charge in [0.15, 0.2) is 0 Å². The van der Waals surface area contributed by atoms with Crippen molar-refractivity contribution in [1.29, 1.82) is 0 Å². The van der Waals surface area contributed by atoms with Crippen LogP contribution in [-0.4, -0.2) is 14.3 Å². The lowest BCUT2D eigenvalue weighted by Gasteiger charge is -2.19. The third-order valence-corrected chi connectivity index (χ3v) is 6.10. The Morgan fingerprint density at radius 1 is 0.897 bits per heavy atom. The summed E-state index contributed by atoms with van der Waals surface area (Å²) in [7, 11) is -3.79. The summed E-state index contributed by atoms with van der Waals surface area (Å²) in [5, 5.41) is 2.97. The minimum Gasteiger partial charge on any atom is -0.345 e. The SMILES string of the molecule is Cc1ccc(C)c([C@H](C)NC(=O)c2ccccc2NS(=O)(=O)c2ccccc2)c1. The third kappa shape index (κ3) is 4.84. The van der Waals surface area contributed by atoms with Gasteiger partial charge in [0.05, 0.1) is 22.2 Å². The number of carbonyl (C=O) groups excluding carboxylic acids is 1. The Kier molecular flexibility index (Phi) is 6.03. The number of rotatable bonds is 6. The summed E-state index contributed by atoms with van der Waals surface area (Å²) in [6.45, 7) is 5.92. The van der Waals surface area contributed by atoms with Crippen LogP contribution in [0.5, 0.6) is 0 Å². The Labute approximate surface area is 171 Å². The maximum absolute atomic E-state index is 12.9. The van der Waals surface area contributed by atoms with Gasteiger partial charge in [-0.05, 0) is 56.2 Å². The summed E-state index contributed by atoms with van der Waals surface area (Å²) in [6, 6.07) is 20.5. The molecule has 3 aromatic carbocycles. The molecule has 5 nitrogen and oxygen atoms in total. The Morgan fingerprint density at radius 2 is 1.55 bits per heavy atom. The average Bonchev–Trinajstić information content (AvgIpc) is 2.70. The van der Waals surface area contributed by atoms with Crippen molar-refractivity contribution in [2.24, 2.45) is 0 Å². The van der Waals surface area contributed by atoms with E-state index in [2.05, 4.69) is 10.0 Å². The minimum atomic E-state index is -3.79. The predicted octanol–water partition coefficient (Wildman–Crippen LogP) is 4.60. The van der Waals surface area contributed by atoms with Crippen LogP contribution >= 0.6 is 0 Å². The Balaban J connectivity index is 1.85. The van der Waals surface area contributed by atoms with E-state index < -0.39 is 10.0 Å². The van der Waals surface area contributed by atoms with Crippen molar-refractivity contribution in [2.45, 2.75) is 31.7 Å². The van der Waals surface area contributed by atoms with Crippen molar-refractivity contribution >= 4 is 21.6 Å². The van der Waals surface area contributed by atoms with Crippen molar-refractivity contribution in [3.63, 3.8) is 0 Å². The van der Waals surface area contributed by atoms with Gasteiger partial charge in [0.2, 0.25) is 0 Å². The first-order valence-corrected chi connectivity index (χ1v) is 10.8. The van der Waals surface area contributed by atoms with Gasteiger partial charge < -0.3 is 5.32 Å². The van der Waals surface area contributed by atoms with Gasteiger partial charge >= 0.3 is 0 Å². The Morgan fingerprint density at radius 3 is 2.28 bits per heavy atom. The molecule has 1 amide bonds. The highest BCUT2D eigenvalue weighted by Gasteiger charge is 2.20. The topological polar surface area (TPSA) is 75.3 Å². The Hall–Kier alpha value is -3.12. The van der Waals surface area contributed by atoms with Crippen LogP contribution < -0.4 is 10.0 Å². The fourth-order valence-electron chi connectivity index (χ4n) is 3.15. The average molecular weight is 409 g/mol. The first-order valence-electron chi connectivity index (χ1n) is 9.33. The maximum atomic E-state index is 12.9. The van der Waals surface area contributed by atoms with E-state index in [1.165, 1.54) is 12.1 Å². The normalized spacial score (nSPS) is 12.2. The summed E-state index contributed by atoms with van der Waals surface area (Å²) in [6.07, 6.45) is 0. The zero-order valence-electron chi connectivity index (χ0n) is 16.6. The summed E-state index contributed by atoms with van der Waals surface area (Å²) in [5.74, 6) is -0.343. The number of para-hydroxylation sites is 1. The van der Waals surface area contributed by atoms with Crippen LogP contribution in [0.15, 0.2) is 77.7 Å². The number of amides is 1. The molecule has 0 aliphatic rings. The molecule has 0 saturated heterocycles. The molecule has 0 unspecified atom stereocenters. The number of hydrogen-bond acceptors (Lipinski definition) is 3. The van der Waals surface area contributed by atoms with Crippen LogP contribution in [0.4, 0.5) is 5.69 Å². The largest absolute Gasteiger partial charge is 0.345 e. The molecule has 150 valence electrons. The van der Waals surface area contributed by atoms with Crippen molar-refractivity contribution in [1.82, 2.24) is 5.32 Å². The lowest BCUT2D eigenvalue weighted by molar-refractivity contribution is 0.0940. The number of aryl methyl sites for hydroxylation is 2. The highest BCUT2D eigenvalue weighted by Crippen LogP contribution is 2.23. The van der Waals surface area contributed by atoms with E-state index >= 15 is 0 Å². The predicted molar refractivity (Wildman–Crippen MR) is 115 cm³/mol. The van der Waals surface area contributed by atoms with Gasteiger partial charge in [0, 0.05) is 0 Å². The second-order valence-electron chi connectivity index (χ2n) is 7.02. The van der Waals surface area contributed by atoms with Crippen molar-refractivity contribution < 1.29 is 13.2 Å². The molecule has 0 aliphatic heterocycles. The molecule has 0 spiro atoms. The second kappa shape index (κ2) is 8.49. The molecule has 0 radical (unpaired) electrons. The van der Waals surface area contributed by atoms with Crippen LogP contribution in [0.1, 0.15) is 40.0 Å². The molecular formula is C23H24N2O3S. The van der Waals surface area contributed by atoms with Crippen LogP contribution in [0, 0.1) is 13.8 Å². The van der Waals surface area contributed by atoms with Gasteiger partial charge in [-0.15, -0.1) is 0 Å². The zero-order chi connectivity index (χ0) is 21.0. The summed E-state index contributed by atoms with van der Waals surface area (Å²) >= 11 is 0. The smallest absolute Gasteiger partial charge is 0.261 e. The van der Waals surface area contributed by atoms with E-state index in [4.69, 9.17) is 0 Å². The quantitative estimate of drug-likeness (QED) is 0.626. The molecule has 6 heteroatoms. The lowest BCUT2D eigenvalue weighted by atomic mass is 9.99. The molecule has 0 aliphatic carbocycles. The second-order valence-corrected chi connectivity index (χ2v) is 8.70. The fraction of sp³-hybridized carbons (Fsp3) is 0.174. The summed E-state index contributed by atoms with van der Waals surface area (Å²) in [4.78, 5) is 13.1. The zero-order valence-corrected chi connectivity index (χ0v) is 17.5. The number of carbonyl (C=O) groups is 1. The fourth-order valence-corrected chi connectivity index (χ4v) is 4.25.